The minimum absolute atomic E-state index is 0.0385. The number of benzene rings is 2. The molecule has 2 fully saturated rings. The molecule has 3 atom stereocenters. The Morgan fingerprint density at radius 2 is 1.38 bits per heavy atom. The highest BCUT2D eigenvalue weighted by atomic mass is 16.2. The Kier molecular flexibility index (Phi) is 2.67. The van der Waals surface area contributed by atoms with Crippen LogP contribution in [0.15, 0.2) is 60.7 Å². The minimum Gasteiger partial charge on any atom is -0.274 e. The summed E-state index contributed by atoms with van der Waals surface area (Å²) < 4.78 is 0. The molecule has 1 aliphatic carbocycles. The molecule has 3 heteroatoms. The van der Waals surface area contributed by atoms with Crippen LogP contribution in [0, 0.1) is 11.8 Å². The van der Waals surface area contributed by atoms with E-state index in [2.05, 4.69) is 0 Å². The summed E-state index contributed by atoms with van der Waals surface area (Å²) >= 11 is 0. The highest BCUT2D eigenvalue weighted by Crippen LogP contribution is 2.53. The number of imide groups is 1. The van der Waals surface area contributed by atoms with E-state index in [-0.39, 0.29) is 29.6 Å². The molecule has 0 aromatic heterocycles. The van der Waals surface area contributed by atoms with Crippen molar-refractivity contribution >= 4 is 17.5 Å². The van der Waals surface area contributed by atoms with Gasteiger partial charge in [0, 0.05) is 0 Å². The zero-order valence-electron chi connectivity index (χ0n) is 11.5. The summed E-state index contributed by atoms with van der Waals surface area (Å²) in [6, 6.07) is 19.3. The minimum atomic E-state index is -0.180. The third-order valence-corrected chi connectivity index (χ3v) is 4.66. The van der Waals surface area contributed by atoms with Crippen molar-refractivity contribution in [3.8, 4) is 0 Å². The van der Waals surface area contributed by atoms with E-state index in [0.29, 0.717) is 5.69 Å². The fraction of sp³-hybridized carbons (Fsp3) is 0.222. The van der Waals surface area contributed by atoms with Crippen molar-refractivity contribution in [3.05, 3.63) is 66.2 Å². The number of nitrogens with zero attached hydrogens (tertiary/aromatic N) is 1. The Morgan fingerprint density at radius 3 is 2.05 bits per heavy atom. The van der Waals surface area contributed by atoms with Gasteiger partial charge >= 0.3 is 0 Å². The molecule has 104 valence electrons. The topological polar surface area (TPSA) is 37.4 Å². The molecule has 0 unspecified atom stereocenters. The van der Waals surface area contributed by atoms with Gasteiger partial charge in [-0.25, -0.2) is 0 Å². The van der Waals surface area contributed by atoms with E-state index >= 15 is 0 Å². The second-order valence-electron chi connectivity index (χ2n) is 5.73. The fourth-order valence-corrected chi connectivity index (χ4v) is 3.55. The summed E-state index contributed by atoms with van der Waals surface area (Å²) in [6.45, 7) is 0. The lowest BCUT2D eigenvalue weighted by Gasteiger charge is -2.36. The number of carbonyl (C=O) groups excluding carboxylic acids is 2. The molecule has 4 rings (SSSR count). The molecule has 21 heavy (non-hydrogen) atoms. The maximum absolute atomic E-state index is 12.7. The summed E-state index contributed by atoms with van der Waals surface area (Å²) in [4.78, 5) is 26.5. The molecule has 1 saturated carbocycles. The van der Waals surface area contributed by atoms with Crippen LogP contribution in [0.4, 0.5) is 5.69 Å². The smallest absolute Gasteiger partial charge is 0.238 e. The first kappa shape index (κ1) is 12.3. The Labute approximate surface area is 123 Å². The number of anilines is 1. The number of para-hydroxylation sites is 1. The SMILES string of the molecule is O=C1[C@H]2[C@H](C[C@@H]2c2ccccc2)C(=O)N1c1ccccc1. The van der Waals surface area contributed by atoms with Gasteiger partial charge in [0.2, 0.25) is 11.8 Å². The maximum atomic E-state index is 12.7. The van der Waals surface area contributed by atoms with Crippen molar-refractivity contribution in [1.82, 2.24) is 0 Å². The molecule has 1 saturated heterocycles. The zero-order chi connectivity index (χ0) is 14.4. The van der Waals surface area contributed by atoms with Crippen LogP contribution in [0.5, 0.6) is 0 Å². The van der Waals surface area contributed by atoms with Crippen LogP contribution >= 0.6 is 0 Å². The van der Waals surface area contributed by atoms with Crippen molar-refractivity contribution in [2.45, 2.75) is 12.3 Å². The second kappa shape index (κ2) is 4.55. The third kappa shape index (κ3) is 1.74. The molecule has 0 spiro atoms. The summed E-state index contributed by atoms with van der Waals surface area (Å²) in [5.41, 5.74) is 1.85. The first-order chi connectivity index (χ1) is 10.3. The van der Waals surface area contributed by atoms with Crippen molar-refractivity contribution in [1.29, 1.82) is 0 Å². The van der Waals surface area contributed by atoms with E-state index in [0.717, 1.165) is 12.0 Å². The van der Waals surface area contributed by atoms with Gasteiger partial charge in [-0.2, -0.15) is 0 Å². The zero-order valence-corrected chi connectivity index (χ0v) is 11.5. The normalized spacial score (nSPS) is 27.4. The van der Waals surface area contributed by atoms with Crippen molar-refractivity contribution < 1.29 is 9.59 Å². The summed E-state index contributed by atoms with van der Waals surface area (Å²) in [5, 5.41) is 0. The van der Waals surface area contributed by atoms with Crippen LogP contribution in [-0.2, 0) is 9.59 Å². The number of hydrogen-bond donors (Lipinski definition) is 0. The lowest BCUT2D eigenvalue weighted by Crippen LogP contribution is -2.37. The predicted molar refractivity (Wildman–Crippen MR) is 79.7 cm³/mol. The Balaban J connectivity index is 1.66. The molecule has 0 bridgehead atoms. The Morgan fingerprint density at radius 1 is 0.762 bits per heavy atom. The van der Waals surface area contributed by atoms with Crippen LogP contribution in [-0.4, -0.2) is 11.8 Å². The lowest BCUT2D eigenvalue weighted by atomic mass is 9.63. The Hall–Kier alpha value is -2.42. The summed E-state index contributed by atoms with van der Waals surface area (Å²) in [6.07, 6.45) is 0.780. The molecular weight excluding hydrogens is 262 g/mol. The molecule has 3 nitrogen and oxygen atoms in total. The molecule has 0 N–H and O–H groups in total. The molecule has 2 amide bonds. The van der Waals surface area contributed by atoms with E-state index in [1.807, 2.05) is 60.7 Å². The van der Waals surface area contributed by atoms with Gasteiger partial charge in [0.15, 0.2) is 0 Å². The number of hydrogen-bond acceptors (Lipinski definition) is 2. The van der Waals surface area contributed by atoms with Crippen LogP contribution in [0.1, 0.15) is 17.9 Å². The quantitative estimate of drug-likeness (QED) is 0.791. The highest BCUT2D eigenvalue weighted by molar-refractivity contribution is 6.23. The summed E-state index contributed by atoms with van der Waals surface area (Å²) in [7, 11) is 0. The molecule has 2 aromatic rings. The number of carbonyl (C=O) groups is 2. The number of rotatable bonds is 2. The first-order valence-electron chi connectivity index (χ1n) is 7.25. The lowest BCUT2D eigenvalue weighted by molar-refractivity contribution is -0.125. The molecule has 2 aliphatic rings. The van der Waals surface area contributed by atoms with Crippen LogP contribution in [0.25, 0.3) is 0 Å². The number of amides is 2. The van der Waals surface area contributed by atoms with E-state index in [1.54, 1.807) is 0 Å². The Bertz CT molecular complexity index is 696. The van der Waals surface area contributed by atoms with Crippen LogP contribution in [0.3, 0.4) is 0 Å². The van der Waals surface area contributed by atoms with Crippen molar-refractivity contribution in [3.63, 3.8) is 0 Å². The second-order valence-corrected chi connectivity index (χ2v) is 5.73. The molecule has 0 radical (unpaired) electrons. The van der Waals surface area contributed by atoms with Crippen molar-refractivity contribution in [2.75, 3.05) is 4.90 Å². The molecule has 1 aliphatic heterocycles. The molecule has 1 heterocycles. The summed E-state index contributed by atoms with van der Waals surface area (Å²) in [5.74, 6) is -0.218. The van der Waals surface area contributed by atoms with E-state index < -0.39 is 0 Å². The van der Waals surface area contributed by atoms with E-state index in [1.165, 1.54) is 4.90 Å². The van der Waals surface area contributed by atoms with E-state index in [9.17, 15) is 9.59 Å². The predicted octanol–water partition coefficient (Wildman–Crippen LogP) is 2.98. The largest absolute Gasteiger partial charge is 0.274 e. The number of fused-ring (bicyclic) bond motifs is 1. The van der Waals surface area contributed by atoms with Crippen molar-refractivity contribution in [2.24, 2.45) is 11.8 Å². The van der Waals surface area contributed by atoms with Gasteiger partial charge < -0.3 is 0 Å². The first-order valence-corrected chi connectivity index (χ1v) is 7.25. The van der Waals surface area contributed by atoms with Gasteiger partial charge in [0.05, 0.1) is 17.5 Å². The average molecular weight is 277 g/mol. The van der Waals surface area contributed by atoms with Crippen LogP contribution < -0.4 is 4.90 Å². The van der Waals surface area contributed by atoms with Gasteiger partial charge in [-0.3, -0.25) is 14.5 Å². The highest BCUT2D eigenvalue weighted by Gasteiger charge is 2.58. The van der Waals surface area contributed by atoms with Crippen LogP contribution in [0.2, 0.25) is 0 Å². The monoisotopic (exact) mass is 277 g/mol. The van der Waals surface area contributed by atoms with Gasteiger partial charge in [-0.1, -0.05) is 48.5 Å². The fourth-order valence-electron chi connectivity index (χ4n) is 3.55. The standard InChI is InChI=1S/C18H15NO2/c20-17-15-11-14(12-7-3-1-4-8-12)16(15)18(21)19(17)13-9-5-2-6-10-13/h1-10,14-16H,11H2/t14-,15+,16-/m1/s1. The molecule has 2 aromatic carbocycles. The van der Waals surface area contributed by atoms with Gasteiger partial charge in [-0.15, -0.1) is 0 Å². The van der Waals surface area contributed by atoms with Gasteiger partial charge in [0.1, 0.15) is 0 Å². The maximum Gasteiger partial charge on any atom is 0.238 e. The average Bonchev–Trinajstić information content (AvgIpc) is 2.66. The third-order valence-electron chi connectivity index (χ3n) is 4.66. The van der Waals surface area contributed by atoms with E-state index in [4.69, 9.17) is 0 Å². The molecular formula is C18H15NO2. The van der Waals surface area contributed by atoms with Gasteiger partial charge in [-0.05, 0) is 30.0 Å². The van der Waals surface area contributed by atoms with Gasteiger partial charge in [0.25, 0.3) is 0 Å².